The van der Waals surface area contributed by atoms with Crippen molar-refractivity contribution in [3.63, 3.8) is 0 Å². The molecule has 4 rings (SSSR count). The van der Waals surface area contributed by atoms with Gasteiger partial charge < -0.3 is 4.90 Å². The lowest BCUT2D eigenvalue weighted by molar-refractivity contribution is -0.236. The van der Waals surface area contributed by atoms with Crippen LogP contribution in [0.25, 0.3) is 0 Å². The molecule has 1 aliphatic heterocycles. The van der Waals surface area contributed by atoms with Gasteiger partial charge in [-0.05, 0) is 112 Å². The van der Waals surface area contributed by atoms with Crippen LogP contribution in [0.15, 0.2) is 0 Å². The van der Waals surface area contributed by atoms with Gasteiger partial charge >= 0.3 is 0 Å². The second kappa shape index (κ2) is 10.1. The molecule has 194 valence electrons. The molecule has 0 N–H and O–H groups in total. The normalized spacial score (nSPS) is 40.4. The van der Waals surface area contributed by atoms with Crippen molar-refractivity contribution >= 4 is 11.8 Å². The van der Waals surface area contributed by atoms with Crippen LogP contribution < -0.4 is 0 Å². The lowest BCUT2D eigenvalue weighted by Crippen LogP contribution is -2.62. The van der Waals surface area contributed by atoms with Crippen LogP contribution in [0.1, 0.15) is 105 Å². The van der Waals surface area contributed by atoms with Crippen LogP contribution in [0.4, 0.5) is 0 Å². The third-order valence-electron chi connectivity index (χ3n) is 11.3. The Labute approximate surface area is 208 Å². The maximum absolute atomic E-state index is 12.5. The highest BCUT2D eigenvalue weighted by Gasteiger charge is 2.62. The molecule has 0 bridgehead atoms. The molecular weight excluding hydrogens is 424 g/mol. The van der Waals surface area contributed by atoms with Crippen molar-refractivity contribution in [3.05, 3.63) is 0 Å². The fraction of sp³-hybridized carbons (Fsp3) is 0.931. The molecule has 2 amide bonds. The van der Waals surface area contributed by atoms with Crippen molar-refractivity contribution in [3.8, 4) is 0 Å². The Bertz CT molecular complexity index is 752. The Balaban J connectivity index is 1.41. The molecule has 1 saturated heterocycles. The Morgan fingerprint density at radius 2 is 1.76 bits per heavy atom. The molecule has 0 aromatic carbocycles. The zero-order valence-electron chi connectivity index (χ0n) is 22.8. The van der Waals surface area contributed by atoms with Crippen LogP contribution >= 0.6 is 0 Å². The number of carbonyl (C=O) groups excluding carboxylic acids is 2. The molecule has 4 aliphatic rings. The first kappa shape index (κ1) is 26.0. The Morgan fingerprint density at radius 3 is 2.44 bits per heavy atom. The number of hydrogen-bond donors (Lipinski definition) is 0. The van der Waals surface area contributed by atoms with Crippen molar-refractivity contribution in [1.82, 2.24) is 9.96 Å². The zero-order chi connectivity index (χ0) is 24.7. The average molecular weight is 475 g/mol. The molecule has 1 heterocycles. The number of amides is 2. The summed E-state index contributed by atoms with van der Waals surface area (Å²) in [6.45, 7) is 13.4. The van der Waals surface area contributed by atoms with E-state index in [1.807, 2.05) is 4.90 Å². The van der Waals surface area contributed by atoms with Gasteiger partial charge in [0.05, 0.1) is 13.2 Å². The molecule has 5 nitrogen and oxygen atoms in total. The minimum absolute atomic E-state index is 0.179. The van der Waals surface area contributed by atoms with E-state index in [4.69, 9.17) is 4.84 Å². The number of rotatable bonds is 8. The number of hydroxylamine groups is 2. The van der Waals surface area contributed by atoms with Gasteiger partial charge in [-0.25, -0.2) is 5.06 Å². The highest BCUT2D eigenvalue weighted by atomic mass is 16.7. The number of fused-ring (bicyclic) bond motifs is 5. The number of piperidine rings is 1. The summed E-state index contributed by atoms with van der Waals surface area (Å²) in [6.07, 6.45) is 12.3. The average Bonchev–Trinajstić information content (AvgIpc) is 3.17. The molecule has 0 spiro atoms. The highest BCUT2D eigenvalue weighted by molar-refractivity contribution is 5.76. The topological polar surface area (TPSA) is 49.9 Å². The van der Waals surface area contributed by atoms with E-state index in [0.29, 0.717) is 30.1 Å². The first-order chi connectivity index (χ1) is 16.2. The van der Waals surface area contributed by atoms with Gasteiger partial charge in [-0.3, -0.25) is 14.4 Å². The monoisotopic (exact) mass is 474 g/mol. The van der Waals surface area contributed by atoms with Gasteiger partial charge in [0.1, 0.15) is 0 Å². The third kappa shape index (κ3) is 4.22. The van der Waals surface area contributed by atoms with Crippen LogP contribution in [-0.4, -0.2) is 48.0 Å². The predicted octanol–water partition coefficient (Wildman–Crippen LogP) is 6.07. The Kier molecular flexibility index (Phi) is 7.72. The van der Waals surface area contributed by atoms with E-state index in [-0.39, 0.29) is 17.4 Å². The quantitative estimate of drug-likeness (QED) is 0.429. The predicted molar refractivity (Wildman–Crippen MR) is 136 cm³/mol. The summed E-state index contributed by atoms with van der Waals surface area (Å²) in [4.78, 5) is 32.6. The Hall–Kier alpha value is -1.10. The summed E-state index contributed by atoms with van der Waals surface area (Å²) < 4.78 is 0. The van der Waals surface area contributed by atoms with E-state index in [1.165, 1.54) is 38.5 Å². The van der Waals surface area contributed by atoms with Crippen LogP contribution in [0.3, 0.4) is 0 Å². The summed E-state index contributed by atoms with van der Waals surface area (Å²) in [6, 6.07) is 0.254. The zero-order valence-corrected chi connectivity index (χ0v) is 22.8. The van der Waals surface area contributed by atoms with Gasteiger partial charge in [-0.1, -0.05) is 20.8 Å². The molecular formula is C29H50N2O3. The maximum atomic E-state index is 12.5. The standard InChI is InChI=1S/C29H50N2O3/c1-7-30(8-2)26(32)11-9-10-20(3)22-13-14-23-21-12-15-25-29(5,19-17-27(33)31(25)34-6)24(21)16-18-28(22,23)4/h20-25H,7-19H2,1-6H3/t20-,21+,22-,23+,24+,25-,28-,29-/m1/s1. The lowest BCUT2D eigenvalue weighted by Gasteiger charge is -2.61. The molecule has 0 aromatic rings. The second-order valence-corrected chi connectivity index (χ2v) is 12.5. The molecule has 3 aliphatic carbocycles. The van der Waals surface area contributed by atoms with E-state index < -0.39 is 0 Å². The van der Waals surface area contributed by atoms with E-state index in [9.17, 15) is 9.59 Å². The van der Waals surface area contributed by atoms with Crippen molar-refractivity contribution in [2.24, 2.45) is 40.4 Å². The fourth-order valence-corrected chi connectivity index (χ4v) is 9.55. The molecule has 4 fully saturated rings. The Morgan fingerprint density at radius 1 is 1.06 bits per heavy atom. The van der Waals surface area contributed by atoms with Gasteiger partial charge in [0, 0.05) is 25.9 Å². The van der Waals surface area contributed by atoms with Crippen molar-refractivity contribution in [2.75, 3.05) is 20.2 Å². The maximum Gasteiger partial charge on any atom is 0.246 e. The SMILES string of the molecule is CCN(CC)C(=O)CCC[C@@H](C)[C@H]1CC[C@H]2[C@@H]3CC[C@H]4N(OC)C(=O)CC[C@]4(C)[C@H]3CC[C@]12C. The number of nitrogens with zero attached hydrogens (tertiary/aromatic N) is 2. The van der Waals surface area contributed by atoms with Gasteiger partial charge in [0.15, 0.2) is 0 Å². The van der Waals surface area contributed by atoms with Crippen LogP contribution in [0.5, 0.6) is 0 Å². The highest BCUT2D eigenvalue weighted by Crippen LogP contribution is 2.67. The van der Waals surface area contributed by atoms with Crippen molar-refractivity contribution < 1.29 is 14.4 Å². The van der Waals surface area contributed by atoms with E-state index >= 15 is 0 Å². The molecule has 0 aromatic heterocycles. The number of carbonyl (C=O) groups is 2. The minimum atomic E-state index is 0.179. The molecule has 8 atom stereocenters. The summed E-state index contributed by atoms with van der Waals surface area (Å²) in [5.74, 6) is 4.33. The lowest BCUT2D eigenvalue weighted by atomic mass is 9.46. The largest absolute Gasteiger partial charge is 0.343 e. The molecule has 0 unspecified atom stereocenters. The summed E-state index contributed by atoms with van der Waals surface area (Å²) in [5.41, 5.74) is 0.640. The van der Waals surface area contributed by atoms with E-state index in [1.54, 1.807) is 12.2 Å². The van der Waals surface area contributed by atoms with Crippen molar-refractivity contribution in [2.45, 2.75) is 111 Å². The van der Waals surface area contributed by atoms with Gasteiger partial charge in [-0.2, -0.15) is 0 Å². The third-order valence-corrected chi connectivity index (χ3v) is 11.3. The van der Waals surface area contributed by atoms with Crippen LogP contribution in [0, 0.1) is 40.4 Å². The van der Waals surface area contributed by atoms with E-state index in [2.05, 4.69) is 34.6 Å². The molecule has 34 heavy (non-hydrogen) atoms. The smallest absolute Gasteiger partial charge is 0.246 e. The first-order valence-electron chi connectivity index (χ1n) is 14.3. The summed E-state index contributed by atoms with van der Waals surface area (Å²) in [7, 11) is 1.67. The first-order valence-corrected chi connectivity index (χ1v) is 14.3. The van der Waals surface area contributed by atoms with E-state index in [0.717, 1.165) is 56.0 Å². The van der Waals surface area contributed by atoms with Gasteiger partial charge in [0.25, 0.3) is 0 Å². The summed E-state index contributed by atoms with van der Waals surface area (Å²) >= 11 is 0. The molecule has 3 saturated carbocycles. The fourth-order valence-electron chi connectivity index (χ4n) is 9.55. The van der Waals surface area contributed by atoms with Gasteiger partial charge in [0.2, 0.25) is 11.8 Å². The van der Waals surface area contributed by atoms with Crippen molar-refractivity contribution in [1.29, 1.82) is 0 Å². The summed E-state index contributed by atoms with van der Waals surface area (Å²) in [5, 5.41) is 1.74. The van der Waals surface area contributed by atoms with Crippen LogP contribution in [-0.2, 0) is 14.4 Å². The second-order valence-electron chi connectivity index (χ2n) is 12.5. The molecule has 0 radical (unpaired) electrons. The number of hydrogen-bond acceptors (Lipinski definition) is 3. The van der Waals surface area contributed by atoms with Crippen LogP contribution in [0.2, 0.25) is 0 Å². The minimum Gasteiger partial charge on any atom is -0.343 e. The van der Waals surface area contributed by atoms with Gasteiger partial charge in [-0.15, -0.1) is 0 Å². The molecule has 5 heteroatoms.